The topological polar surface area (TPSA) is 20.3 Å². The van der Waals surface area contributed by atoms with Crippen molar-refractivity contribution in [1.29, 1.82) is 0 Å². The first-order chi connectivity index (χ1) is 7.25. The fourth-order valence-electron chi connectivity index (χ4n) is 2.15. The number of amides is 1. The summed E-state index contributed by atoms with van der Waals surface area (Å²) in [5.74, 6) is 0.246. The average molecular weight is 205 g/mol. The Kier molecular flexibility index (Phi) is 1.81. The quantitative estimate of drug-likeness (QED) is 0.687. The van der Waals surface area contributed by atoms with Gasteiger partial charge in [-0.2, -0.15) is 0 Å². The van der Waals surface area contributed by atoms with Gasteiger partial charge in [0, 0.05) is 18.2 Å². The predicted molar refractivity (Wildman–Crippen MR) is 55.2 cm³/mol. The zero-order valence-electron chi connectivity index (χ0n) is 8.37. The highest BCUT2D eigenvalue weighted by atomic mass is 19.1. The molecule has 0 aromatic heterocycles. The number of benzene rings is 1. The maximum Gasteiger partial charge on any atom is 0.230 e. The van der Waals surface area contributed by atoms with Crippen LogP contribution < -0.4 is 4.90 Å². The lowest BCUT2D eigenvalue weighted by Crippen LogP contribution is -2.30. The van der Waals surface area contributed by atoms with E-state index >= 15 is 0 Å². The van der Waals surface area contributed by atoms with Crippen LogP contribution in [0.5, 0.6) is 0 Å². The molecule has 1 fully saturated rings. The summed E-state index contributed by atoms with van der Waals surface area (Å²) in [5, 5.41) is 0. The van der Waals surface area contributed by atoms with E-state index in [0.29, 0.717) is 6.54 Å². The molecule has 15 heavy (non-hydrogen) atoms. The monoisotopic (exact) mass is 205 g/mol. The molecular formula is C12H12FNO. The Morgan fingerprint density at radius 3 is 2.93 bits per heavy atom. The average Bonchev–Trinajstić information content (AvgIpc) is 2.98. The fourth-order valence-corrected chi connectivity index (χ4v) is 2.15. The zero-order valence-corrected chi connectivity index (χ0v) is 8.37. The van der Waals surface area contributed by atoms with Crippen LogP contribution in [0, 0.1) is 11.7 Å². The molecule has 2 aliphatic rings. The van der Waals surface area contributed by atoms with Crippen LogP contribution in [0.1, 0.15) is 18.4 Å². The molecule has 1 heterocycles. The molecular weight excluding hydrogens is 193 g/mol. The SMILES string of the molecule is O=C(C1CC1)N1CCc2cc(F)ccc21. The number of nitrogens with zero attached hydrogens (tertiary/aromatic N) is 1. The van der Waals surface area contributed by atoms with Crippen LogP contribution in [0.25, 0.3) is 0 Å². The summed E-state index contributed by atoms with van der Waals surface area (Å²) in [4.78, 5) is 13.7. The van der Waals surface area contributed by atoms with Crippen LogP contribution in [-0.4, -0.2) is 12.5 Å². The van der Waals surface area contributed by atoms with Crippen molar-refractivity contribution in [2.75, 3.05) is 11.4 Å². The molecule has 1 aromatic rings. The van der Waals surface area contributed by atoms with Crippen LogP contribution >= 0.6 is 0 Å². The smallest absolute Gasteiger partial charge is 0.230 e. The van der Waals surface area contributed by atoms with Crippen LogP contribution in [-0.2, 0) is 11.2 Å². The van der Waals surface area contributed by atoms with Crippen molar-refractivity contribution in [3.05, 3.63) is 29.6 Å². The second-order valence-corrected chi connectivity index (χ2v) is 4.29. The van der Waals surface area contributed by atoms with E-state index in [1.807, 2.05) is 4.90 Å². The highest BCUT2D eigenvalue weighted by Crippen LogP contribution is 2.36. The zero-order chi connectivity index (χ0) is 10.4. The molecule has 3 rings (SSSR count). The molecule has 2 nitrogen and oxygen atoms in total. The van der Waals surface area contributed by atoms with Crippen LogP contribution in [0.3, 0.4) is 0 Å². The normalized spacial score (nSPS) is 19.1. The molecule has 1 saturated carbocycles. The Bertz CT molecular complexity index is 426. The van der Waals surface area contributed by atoms with Gasteiger partial charge in [-0.25, -0.2) is 4.39 Å². The van der Waals surface area contributed by atoms with E-state index in [0.717, 1.165) is 30.5 Å². The van der Waals surface area contributed by atoms with Crippen molar-refractivity contribution in [2.45, 2.75) is 19.3 Å². The van der Waals surface area contributed by atoms with Gasteiger partial charge in [0.1, 0.15) is 5.82 Å². The summed E-state index contributed by atoms with van der Waals surface area (Å²) in [6, 6.07) is 4.69. The first-order valence-electron chi connectivity index (χ1n) is 5.35. The van der Waals surface area contributed by atoms with Gasteiger partial charge in [0.15, 0.2) is 0 Å². The first kappa shape index (κ1) is 8.89. The van der Waals surface area contributed by atoms with Gasteiger partial charge >= 0.3 is 0 Å². The summed E-state index contributed by atoms with van der Waals surface area (Å²) >= 11 is 0. The summed E-state index contributed by atoms with van der Waals surface area (Å²) in [5.41, 5.74) is 1.87. The van der Waals surface area contributed by atoms with Gasteiger partial charge in [-0.15, -0.1) is 0 Å². The van der Waals surface area contributed by atoms with Gasteiger partial charge in [-0.3, -0.25) is 4.79 Å². The number of fused-ring (bicyclic) bond motifs is 1. The van der Waals surface area contributed by atoms with Crippen LogP contribution in [0.2, 0.25) is 0 Å². The molecule has 0 spiro atoms. The maximum atomic E-state index is 13.0. The Labute approximate surface area is 87.7 Å². The van der Waals surface area contributed by atoms with E-state index in [2.05, 4.69) is 0 Å². The Balaban J connectivity index is 1.93. The molecule has 0 bridgehead atoms. The first-order valence-corrected chi connectivity index (χ1v) is 5.35. The minimum Gasteiger partial charge on any atom is -0.312 e. The summed E-state index contributed by atoms with van der Waals surface area (Å²) in [6.07, 6.45) is 2.82. The molecule has 78 valence electrons. The van der Waals surface area contributed by atoms with Gasteiger partial charge in [-0.05, 0) is 43.0 Å². The summed E-state index contributed by atoms with van der Waals surface area (Å²) in [7, 11) is 0. The number of hydrogen-bond donors (Lipinski definition) is 0. The van der Waals surface area contributed by atoms with Crippen molar-refractivity contribution >= 4 is 11.6 Å². The standard InChI is InChI=1S/C12H12FNO/c13-10-3-4-11-9(7-10)5-6-14(11)12(15)8-1-2-8/h3-4,7-8H,1-2,5-6H2. The summed E-state index contributed by atoms with van der Waals surface area (Å²) < 4.78 is 13.0. The highest BCUT2D eigenvalue weighted by Gasteiger charge is 2.36. The second-order valence-electron chi connectivity index (χ2n) is 4.29. The number of carbonyl (C=O) groups is 1. The van der Waals surface area contributed by atoms with Crippen LogP contribution in [0.4, 0.5) is 10.1 Å². The Hall–Kier alpha value is -1.38. The van der Waals surface area contributed by atoms with Gasteiger partial charge < -0.3 is 4.90 Å². The van der Waals surface area contributed by atoms with E-state index in [1.165, 1.54) is 12.1 Å². The Morgan fingerprint density at radius 2 is 2.20 bits per heavy atom. The van der Waals surface area contributed by atoms with Crippen LogP contribution in [0.15, 0.2) is 18.2 Å². The van der Waals surface area contributed by atoms with Gasteiger partial charge in [0.05, 0.1) is 0 Å². The van der Waals surface area contributed by atoms with Crippen molar-refractivity contribution in [3.63, 3.8) is 0 Å². The molecule has 1 amide bonds. The number of hydrogen-bond acceptors (Lipinski definition) is 1. The second kappa shape index (κ2) is 3.05. The maximum absolute atomic E-state index is 13.0. The third kappa shape index (κ3) is 1.42. The Morgan fingerprint density at radius 1 is 1.40 bits per heavy atom. The number of rotatable bonds is 1. The molecule has 1 aliphatic carbocycles. The molecule has 1 aromatic carbocycles. The minimum absolute atomic E-state index is 0.213. The van der Waals surface area contributed by atoms with Gasteiger partial charge in [-0.1, -0.05) is 0 Å². The summed E-state index contributed by atoms with van der Waals surface area (Å²) in [6.45, 7) is 0.716. The molecule has 0 atom stereocenters. The van der Waals surface area contributed by atoms with E-state index in [9.17, 15) is 9.18 Å². The minimum atomic E-state index is -0.213. The van der Waals surface area contributed by atoms with Gasteiger partial charge in [0.2, 0.25) is 5.91 Å². The van der Waals surface area contributed by atoms with Crippen molar-refractivity contribution in [3.8, 4) is 0 Å². The van der Waals surface area contributed by atoms with Crippen molar-refractivity contribution in [1.82, 2.24) is 0 Å². The molecule has 0 saturated heterocycles. The van der Waals surface area contributed by atoms with E-state index in [-0.39, 0.29) is 17.6 Å². The molecule has 0 radical (unpaired) electrons. The molecule has 1 aliphatic heterocycles. The lowest BCUT2D eigenvalue weighted by Gasteiger charge is -2.16. The van der Waals surface area contributed by atoms with Gasteiger partial charge in [0.25, 0.3) is 0 Å². The predicted octanol–water partition coefficient (Wildman–Crippen LogP) is 2.12. The van der Waals surface area contributed by atoms with E-state index in [1.54, 1.807) is 6.07 Å². The number of anilines is 1. The molecule has 3 heteroatoms. The van der Waals surface area contributed by atoms with E-state index < -0.39 is 0 Å². The lowest BCUT2D eigenvalue weighted by atomic mass is 10.1. The number of carbonyl (C=O) groups excluding carboxylic acids is 1. The lowest BCUT2D eigenvalue weighted by molar-refractivity contribution is -0.119. The fraction of sp³-hybridized carbons (Fsp3) is 0.417. The van der Waals surface area contributed by atoms with Crippen molar-refractivity contribution in [2.24, 2.45) is 5.92 Å². The third-order valence-corrected chi connectivity index (χ3v) is 3.13. The molecule has 0 N–H and O–H groups in total. The molecule has 0 unspecified atom stereocenters. The third-order valence-electron chi connectivity index (χ3n) is 3.13. The highest BCUT2D eigenvalue weighted by molar-refractivity contribution is 5.98. The van der Waals surface area contributed by atoms with Crippen molar-refractivity contribution < 1.29 is 9.18 Å². The number of halogens is 1. The largest absolute Gasteiger partial charge is 0.312 e. The van der Waals surface area contributed by atoms with E-state index in [4.69, 9.17) is 0 Å².